The molecule has 3 aliphatic carbocycles. The number of fused-ring (bicyclic) bond motifs is 7. The first-order valence-corrected chi connectivity index (χ1v) is 27.6. The van der Waals surface area contributed by atoms with Crippen LogP contribution in [0.5, 0.6) is 11.6 Å². The Labute approximate surface area is 386 Å². The Hall–Kier alpha value is -3.71. The molecule has 1 aromatic carbocycles. The van der Waals surface area contributed by atoms with E-state index in [2.05, 4.69) is 33.3 Å². The SMILES string of the molecule is C=C[C@@H]1[I-][C@]1(NC(=O)[C@@H]1C[C@@H]2CN1C(=O)[C@H](C1CCCCC1)NC(=O)O[C@@H]1C[C@H]1CCCCCc1c(nc3ccccc3c1OC1CC3CCC(C1)N3)O2)C(=O)NS(=O)(=O)C1(C)CC1. The third-order valence-electron chi connectivity index (χ3n) is 15.3. The normalized spacial score (nSPS) is 35.1. The van der Waals surface area contributed by atoms with Gasteiger partial charge in [0, 0.05) is 12.1 Å². The molecule has 5 aliphatic heterocycles. The number of carbonyl (C=O) groups excluding carboxylic acids is 4. The third-order valence-corrected chi connectivity index (χ3v) is 21.3. The molecular formula is C47H62IN6O9S-. The number of ether oxygens (including phenoxy) is 3. The van der Waals surface area contributed by atoms with Crippen LogP contribution in [0.1, 0.15) is 122 Å². The van der Waals surface area contributed by atoms with Crippen LogP contribution in [-0.2, 0) is 35.6 Å². The van der Waals surface area contributed by atoms with Crippen LogP contribution >= 0.6 is 0 Å². The van der Waals surface area contributed by atoms with E-state index in [1.807, 2.05) is 18.2 Å². The van der Waals surface area contributed by atoms with E-state index in [1.165, 1.54) is 4.90 Å². The number of benzene rings is 1. The van der Waals surface area contributed by atoms with Gasteiger partial charge in [-0.25, -0.2) is 0 Å². The molecular weight excluding hydrogens is 952 g/mol. The van der Waals surface area contributed by atoms with Crippen LogP contribution in [0.15, 0.2) is 36.9 Å². The van der Waals surface area contributed by atoms with Crippen LogP contribution < -0.4 is 51.4 Å². The number of hydrogen-bond acceptors (Lipinski definition) is 11. The summed E-state index contributed by atoms with van der Waals surface area (Å²) in [4.78, 5) is 64.1. The van der Waals surface area contributed by atoms with Crippen molar-refractivity contribution in [2.45, 2.75) is 177 Å². The molecule has 64 heavy (non-hydrogen) atoms. The molecule has 1 aromatic heterocycles. The molecule has 8 aliphatic rings. The van der Waals surface area contributed by atoms with E-state index < -0.39 is 85.4 Å². The number of piperidine rings is 1. The average Bonchev–Trinajstić information content (AvgIpc) is 4.24. The van der Waals surface area contributed by atoms with Crippen molar-refractivity contribution in [3.63, 3.8) is 0 Å². The molecule has 0 radical (unpaired) electrons. The molecule has 6 heterocycles. The van der Waals surface area contributed by atoms with Gasteiger partial charge in [-0.2, -0.15) is 0 Å². The fraction of sp³-hybridized carbons (Fsp3) is 0.681. The summed E-state index contributed by atoms with van der Waals surface area (Å²) in [5.74, 6) is -0.444. The molecule has 3 saturated carbocycles. The second-order valence-corrected chi connectivity index (χ2v) is 25.8. The van der Waals surface area contributed by atoms with Crippen LogP contribution in [0.4, 0.5) is 4.79 Å². The Morgan fingerprint density at radius 1 is 0.953 bits per heavy atom. The number of hydrogen-bond donors (Lipinski definition) is 4. The zero-order chi connectivity index (χ0) is 44.4. The number of alkyl carbamates (subject to hydrolysis) is 1. The maximum atomic E-state index is 15.2. The third kappa shape index (κ3) is 8.82. The van der Waals surface area contributed by atoms with Crippen LogP contribution in [0.2, 0.25) is 0 Å². The number of nitrogens with one attached hydrogen (secondary N) is 4. The Morgan fingerprint density at radius 2 is 1.67 bits per heavy atom. The molecule has 348 valence electrons. The second kappa shape index (κ2) is 17.5. The number of rotatable bonds is 9. The van der Waals surface area contributed by atoms with Gasteiger partial charge in [-0.3, -0.25) is 0 Å². The number of nitrogens with zero attached hydrogens (tertiary/aromatic N) is 2. The fourth-order valence-corrected chi connectivity index (χ4v) is 15.2. The first-order chi connectivity index (χ1) is 30.8. The number of pyridine rings is 1. The summed E-state index contributed by atoms with van der Waals surface area (Å²) in [6, 6.07) is 6.79. The molecule has 9 atom stereocenters. The maximum absolute atomic E-state index is 15.2. The van der Waals surface area contributed by atoms with Crippen molar-refractivity contribution in [1.82, 2.24) is 30.6 Å². The Kier molecular flexibility index (Phi) is 12.1. The Balaban J connectivity index is 0.997. The van der Waals surface area contributed by atoms with E-state index >= 15 is 4.79 Å². The average molecular weight is 1010 g/mol. The standard InChI is InChI=1S/C47H62IN6O9S/c1-3-38-47(48-38,44(57)53-64(59,60)46(2)20-21-46)52-41(55)36-25-32-26-54(36)43(56)39(27-12-6-4-7-13-27)51-45(58)63-37-22-28(37)14-8-5-9-16-34-40(61-31-23-29-18-19-30(24-31)49-29)33-15-10-11-17-35(33)50-42(34)62-32/h3,10-11,15,17,27-32,36-39,49H,1,4-9,12-14,16,18-26H2,2H3,(H,51,58)(H,52,55)(H,53,57)/q-1/t28-,29?,30?,31?,32-,36+,37-,38+,39+,47-/m1/s1. The zero-order valence-corrected chi connectivity index (χ0v) is 39.6. The summed E-state index contributed by atoms with van der Waals surface area (Å²) in [7, 11) is -3.99. The van der Waals surface area contributed by atoms with Crippen LogP contribution in [0, 0.1) is 11.8 Å². The predicted octanol–water partition coefficient (Wildman–Crippen LogP) is 1.89. The summed E-state index contributed by atoms with van der Waals surface area (Å²) in [6.45, 7) is 5.52. The van der Waals surface area contributed by atoms with Crippen LogP contribution in [0.25, 0.3) is 10.9 Å². The first-order valence-electron chi connectivity index (χ1n) is 23.8. The van der Waals surface area contributed by atoms with E-state index in [0.717, 1.165) is 112 Å². The monoisotopic (exact) mass is 1010 g/mol. The molecule has 4 saturated heterocycles. The Morgan fingerprint density at radius 3 is 2.39 bits per heavy atom. The van der Waals surface area contributed by atoms with Crippen molar-refractivity contribution in [3.8, 4) is 11.6 Å². The molecule has 2 unspecified atom stereocenters. The van der Waals surface area contributed by atoms with Crippen LogP contribution in [0.3, 0.4) is 0 Å². The van der Waals surface area contributed by atoms with Gasteiger partial charge in [0.1, 0.15) is 0 Å². The molecule has 4 N–H and O–H groups in total. The molecule has 4 bridgehead atoms. The quantitative estimate of drug-likeness (QED) is 0.124. The van der Waals surface area contributed by atoms with Crippen molar-refractivity contribution >= 4 is 44.7 Å². The summed E-state index contributed by atoms with van der Waals surface area (Å²) < 4.78 is 45.9. The predicted molar refractivity (Wildman–Crippen MR) is 233 cm³/mol. The van der Waals surface area contributed by atoms with Crippen molar-refractivity contribution in [2.24, 2.45) is 11.8 Å². The number of sulfonamides is 1. The summed E-state index contributed by atoms with van der Waals surface area (Å²) >= 11 is -1.06. The molecule has 0 spiro atoms. The van der Waals surface area contributed by atoms with Gasteiger partial charge in [0.2, 0.25) is 0 Å². The minimum atomic E-state index is -3.99. The minimum absolute atomic E-state index is 0.0230. The number of alkyl halides is 2. The molecule has 2 aromatic rings. The summed E-state index contributed by atoms with van der Waals surface area (Å²) in [5, 5.41) is 10.6. The summed E-state index contributed by atoms with van der Waals surface area (Å²) in [5.41, 5.74) is 1.61. The molecule has 15 nitrogen and oxygen atoms in total. The van der Waals surface area contributed by atoms with Gasteiger partial charge in [0.05, 0.1) is 0 Å². The van der Waals surface area contributed by atoms with Gasteiger partial charge in [-0.05, 0) is 32.1 Å². The molecule has 10 rings (SSSR count). The number of halogens is 1. The second-order valence-electron chi connectivity index (χ2n) is 20.0. The van der Waals surface area contributed by atoms with Gasteiger partial charge in [0.25, 0.3) is 0 Å². The van der Waals surface area contributed by atoms with Gasteiger partial charge < -0.3 is 5.32 Å². The number of carbonyl (C=O) groups is 4. The molecule has 7 fully saturated rings. The zero-order valence-electron chi connectivity index (χ0n) is 36.7. The van der Waals surface area contributed by atoms with Crippen molar-refractivity contribution in [2.75, 3.05) is 6.54 Å². The van der Waals surface area contributed by atoms with E-state index in [-0.39, 0.29) is 37.0 Å². The van der Waals surface area contributed by atoms with Gasteiger partial charge >= 0.3 is 326 Å². The number of para-hydroxylation sites is 1. The summed E-state index contributed by atoms with van der Waals surface area (Å²) in [6.07, 6.45) is 14.7. The van der Waals surface area contributed by atoms with Gasteiger partial charge in [-0.1, -0.05) is 12.5 Å². The first kappa shape index (κ1) is 44.1. The Bertz CT molecular complexity index is 2290. The van der Waals surface area contributed by atoms with E-state index in [4.69, 9.17) is 19.2 Å². The van der Waals surface area contributed by atoms with E-state index in [0.29, 0.717) is 37.2 Å². The van der Waals surface area contributed by atoms with Gasteiger partial charge in [-0.15, -0.1) is 0 Å². The van der Waals surface area contributed by atoms with E-state index in [1.54, 1.807) is 13.0 Å². The van der Waals surface area contributed by atoms with Gasteiger partial charge in [0.15, 0.2) is 0 Å². The molecule has 4 amide bonds. The number of amides is 4. The molecule has 17 heteroatoms. The van der Waals surface area contributed by atoms with Crippen LogP contribution in [-0.4, -0.2) is 103 Å². The number of aromatic nitrogens is 1. The van der Waals surface area contributed by atoms with Crippen molar-refractivity contribution in [1.29, 1.82) is 0 Å². The van der Waals surface area contributed by atoms with E-state index in [9.17, 15) is 22.8 Å². The van der Waals surface area contributed by atoms with Crippen molar-refractivity contribution in [3.05, 3.63) is 42.5 Å². The fourth-order valence-electron chi connectivity index (χ4n) is 11.0. The van der Waals surface area contributed by atoms with Crippen molar-refractivity contribution < 1.29 is 63.0 Å². The topological polar surface area (TPSA) is 194 Å².